The smallest absolute Gasteiger partial charge is 0.257 e. The number of rotatable bonds is 5. The van der Waals surface area contributed by atoms with Gasteiger partial charge in [-0.3, -0.25) is 4.79 Å². The van der Waals surface area contributed by atoms with Crippen molar-refractivity contribution in [3.8, 4) is 17.2 Å². The zero-order valence-electron chi connectivity index (χ0n) is 16.9. The minimum Gasteiger partial charge on any atom is -0.495 e. The third-order valence-electron chi connectivity index (χ3n) is 4.89. The van der Waals surface area contributed by atoms with E-state index in [1.165, 1.54) is 5.56 Å². The Kier molecular flexibility index (Phi) is 5.46. The zero-order valence-corrected chi connectivity index (χ0v) is 17.7. The van der Waals surface area contributed by atoms with Crippen LogP contribution in [0, 0.1) is 0 Å². The quantitative estimate of drug-likeness (QED) is 0.398. The molecular formula is C24H21ClN2O3. The summed E-state index contributed by atoms with van der Waals surface area (Å²) in [5.74, 6) is 1.08. The third-order valence-corrected chi connectivity index (χ3v) is 5.22. The maximum atomic E-state index is 12.7. The van der Waals surface area contributed by atoms with E-state index < -0.39 is 0 Å². The van der Waals surface area contributed by atoms with Crippen LogP contribution < -0.4 is 10.1 Å². The second-order valence-electron chi connectivity index (χ2n) is 7.25. The number of hydrogen-bond donors (Lipinski definition) is 1. The molecule has 0 unspecified atom stereocenters. The SMILES string of the molecule is COc1ccc(-c2nc3cc(C(C)C)ccc3o2)cc1NC(=O)c1ccccc1Cl. The van der Waals surface area contributed by atoms with Gasteiger partial charge in [-0.05, 0) is 53.9 Å². The Morgan fingerprint density at radius 1 is 1.10 bits per heavy atom. The maximum Gasteiger partial charge on any atom is 0.257 e. The predicted octanol–water partition coefficient (Wildman–Crippen LogP) is 6.53. The minimum atomic E-state index is -0.324. The summed E-state index contributed by atoms with van der Waals surface area (Å²) < 4.78 is 11.3. The van der Waals surface area contributed by atoms with E-state index in [4.69, 9.17) is 20.8 Å². The van der Waals surface area contributed by atoms with Crippen molar-refractivity contribution >= 4 is 34.3 Å². The predicted molar refractivity (Wildman–Crippen MR) is 119 cm³/mol. The molecule has 6 heteroatoms. The highest BCUT2D eigenvalue weighted by atomic mass is 35.5. The molecule has 30 heavy (non-hydrogen) atoms. The summed E-state index contributed by atoms with van der Waals surface area (Å²) in [6, 6.07) is 18.3. The number of carbonyl (C=O) groups excluding carboxylic acids is 1. The van der Waals surface area contributed by atoms with Crippen LogP contribution in [-0.2, 0) is 0 Å². The molecule has 4 aromatic rings. The van der Waals surface area contributed by atoms with Crippen molar-refractivity contribution in [2.24, 2.45) is 0 Å². The number of oxazole rings is 1. The van der Waals surface area contributed by atoms with Crippen LogP contribution in [0.4, 0.5) is 5.69 Å². The van der Waals surface area contributed by atoms with E-state index >= 15 is 0 Å². The van der Waals surface area contributed by atoms with Crippen molar-refractivity contribution in [1.29, 1.82) is 0 Å². The number of ether oxygens (including phenoxy) is 1. The highest BCUT2D eigenvalue weighted by Crippen LogP contribution is 2.33. The highest BCUT2D eigenvalue weighted by molar-refractivity contribution is 6.34. The Balaban J connectivity index is 1.70. The summed E-state index contributed by atoms with van der Waals surface area (Å²) in [4.78, 5) is 17.3. The van der Waals surface area contributed by atoms with Crippen LogP contribution in [0.2, 0.25) is 5.02 Å². The first-order chi connectivity index (χ1) is 14.5. The molecule has 0 radical (unpaired) electrons. The van der Waals surface area contributed by atoms with Gasteiger partial charge in [-0.15, -0.1) is 0 Å². The summed E-state index contributed by atoms with van der Waals surface area (Å²) >= 11 is 6.15. The first kappa shape index (κ1) is 20.0. The number of amides is 1. The molecule has 0 bridgehead atoms. The van der Waals surface area contributed by atoms with Gasteiger partial charge in [0.15, 0.2) is 5.58 Å². The Hall–Kier alpha value is -3.31. The van der Waals surface area contributed by atoms with Crippen LogP contribution in [0.15, 0.2) is 65.1 Å². The molecular weight excluding hydrogens is 400 g/mol. The second kappa shape index (κ2) is 8.20. The van der Waals surface area contributed by atoms with Crippen LogP contribution in [0.1, 0.15) is 35.7 Å². The number of anilines is 1. The van der Waals surface area contributed by atoms with Gasteiger partial charge in [-0.25, -0.2) is 4.98 Å². The van der Waals surface area contributed by atoms with E-state index in [0.29, 0.717) is 39.4 Å². The van der Waals surface area contributed by atoms with E-state index in [2.05, 4.69) is 24.1 Å². The molecule has 1 amide bonds. The van der Waals surface area contributed by atoms with Crippen LogP contribution >= 0.6 is 11.6 Å². The lowest BCUT2D eigenvalue weighted by molar-refractivity contribution is 0.102. The molecule has 1 N–H and O–H groups in total. The lowest BCUT2D eigenvalue weighted by Gasteiger charge is -2.12. The van der Waals surface area contributed by atoms with Gasteiger partial charge in [-0.1, -0.05) is 43.6 Å². The number of nitrogens with zero attached hydrogens (tertiary/aromatic N) is 1. The first-order valence-corrected chi connectivity index (χ1v) is 9.99. The summed E-state index contributed by atoms with van der Waals surface area (Å²) in [6.07, 6.45) is 0. The van der Waals surface area contributed by atoms with Crippen LogP contribution in [-0.4, -0.2) is 18.0 Å². The van der Waals surface area contributed by atoms with Gasteiger partial charge in [-0.2, -0.15) is 0 Å². The van der Waals surface area contributed by atoms with Crippen LogP contribution in [0.3, 0.4) is 0 Å². The van der Waals surface area contributed by atoms with E-state index in [1.54, 1.807) is 43.5 Å². The number of methoxy groups -OCH3 is 1. The average Bonchev–Trinajstić information content (AvgIpc) is 3.17. The Labute approximate surface area is 179 Å². The topological polar surface area (TPSA) is 64.4 Å². The molecule has 3 aromatic carbocycles. The van der Waals surface area contributed by atoms with Gasteiger partial charge in [0.25, 0.3) is 5.91 Å². The van der Waals surface area contributed by atoms with Crippen molar-refractivity contribution in [3.05, 3.63) is 76.8 Å². The number of fused-ring (bicyclic) bond motifs is 1. The molecule has 0 atom stereocenters. The van der Waals surface area contributed by atoms with E-state index in [0.717, 1.165) is 11.1 Å². The lowest BCUT2D eigenvalue weighted by Crippen LogP contribution is -2.13. The Morgan fingerprint density at radius 2 is 1.90 bits per heavy atom. The standard InChI is InChI=1S/C24H21ClN2O3/c1-14(2)15-8-11-22-20(12-15)27-24(30-22)16-9-10-21(29-3)19(13-16)26-23(28)17-6-4-5-7-18(17)25/h4-14H,1-3H3,(H,26,28). The van der Waals surface area contributed by atoms with Crippen LogP contribution in [0.5, 0.6) is 5.75 Å². The van der Waals surface area contributed by atoms with E-state index in [-0.39, 0.29) is 5.91 Å². The fourth-order valence-electron chi connectivity index (χ4n) is 3.20. The molecule has 5 nitrogen and oxygen atoms in total. The molecule has 4 rings (SSSR count). The maximum absolute atomic E-state index is 12.7. The number of halogens is 1. The summed E-state index contributed by atoms with van der Waals surface area (Å²) in [6.45, 7) is 4.28. The molecule has 152 valence electrons. The molecule has 1 aromatic heterocycles. The Morgan fingerprint density at radius 3 is 2.63 bits per heavy atom. The first-order valence-electron chi connectivity index (χ1n) is 9.61. The van der Waals surface area contributed by atoms with Gasteiger partial charge >= 0.3 is 0 Å². The number of nitrogens with one attached hydrogen (secondary N) is 1. The van der Waals surface area contributed by atoms with Gasteiger partial charge in [0.2, 0.25) is 5.89 Å². The normalized spacial score (nSPS) is 11.1. The third kappa shape index (κ3) is 3.89. The molecule has 1 heterocycles. The van der Waals surface area contributed by atoms with Gasteiger partial charge < -0.3 is 14.5 Å². The summed E-state index contributed by atoms with van der Waals surface area (Å²) in [7, 11) is 1.55. The molecule has 0 aliphatic rings. The highest BCUT2D eigenvalue weighted by Gasteiger charge is 2.16. The van der Waals surface area contributed by atoms with Crippen molar-refractivity contribution < 1.29 is 13.9 Å². The molecule has 0 saturated heterocycles. The fraction of sp³-hybridized carbons (Fsp3) is 0.167. The van der Waals surface area contributed by atoms with E-state index in [1.807, 2.05) is 24.3 Å². The zero-order chi connectivity index (χ0) is 21.3. The van der Waals surface area contributed by atoms with Crippen molar-refractivity contribution in [1.82, 2.24) is 4.98 Å². The number of benzene rings is 3. The van der Waals surface area contributed by atoms with Crippen molar-refractivity contribution in [2.45, 2.75) is 19.8 Å². The lowest BCUT2D eigenvalue weighted by atomic mass is 10.0. The van der Waals surface area contributed by atoms with Crippen LogP contribution in [0.25, 0.3) is 22.6 Å². The van der Waals surface area contributed by atoms with Gasteiger partial charge in [0, 0.05) is 5.56 Å². The Bertz CT molecular complexity index is 1230. The monoisotopic (exact) mass is 420 g/mol. The molecule has 0 aliphatic heterocycles. The average molecular weight is 421 g/mol. The number of aromatic nitrogens is 1. The molecule has 0 fully saturated rings. The fourth-order valence-corrected chi connectivity index (χ4v) is 3.42. The minimum absolute atomic E-state index is 0.324. The van der Waals surface area contributed by atoms with E-state index in [9.17, 15) is 4.79 Å². The van der Waals surface area contributed by atoms with Gasteiger partial charge in [0.05, 0.1) is 23.4 Å². The van der Waals surface area contributed by atoms with Crippen molar-refractivity contribution in [3.63, 3.8) is 0 Å². The van der Waals surface area contributed by atoms with Crippen molar-refractivity contribution in [2.75, 3.05) is 12.4 Å². The molecule has 0 aliphatic carbocycles. The molecule has 0 spiro atoms. The second-order valence-corrected chi connectivity index (χ2v) is 7.66. The number of carbonyl (C=O) groups is 1. The molecule has 0 saturated carbocycles. The van der Waals surface area contributed by atoms with Gasteiger partial charge in [0.1, 0.15) is 11.3 Å². The largest absolute Gasteiger partial charge is 0.495 e. The summed E-state index contributed by atoms with van der Waals surface area (Å²) in [5, 5.41) is 3.25. The summed E-state index contributed by atoms with van der Waals surface area (Å²) in [5.41, 5.74) is 4.33. The number of hydrogen-bond acceptors (Lipinski definition) is 4.